The highest BCUT2D eigenvalue weighted by atomic mass is 16.3. The predicted octanol–water partition coefficient (Wildman–Crippen LogP) is 18.5. The Morgan fingerprint density at radius 2 is 0.615 bits per heavy atom. The SMILES string of the molecule is CCCCCCCCCCCCCCCC/C=C\CCCCCCCCCCCCCCCCCCC(O)C(=O)NC(CO)C(O)/C=C/CCCCCCCCCCCCCCCCC. The van der Waals surface area contributed by atoms with Gasteiger partial charge in [0.05, 0.1) is 18.8 Å². The maximum atomic E-state index is 12.5. The molecule has 0 fully saturated rings. The molecule has 0 radical (unpaired) electrons. The van der Waals surface area contributed by atoms with Crippen LogP contribution >= 0.6 is 0 Å². The summed E-state index contributed by atoms with van der Waals surface area (Å²) in [6.45, 7) is 4.22. The lowest BCUT2D eigenvalue weighted by Gasteiger charge is -2.21. The molecule has 0 saturated heterocycles. The van der Waals surface area contributed by atoms with Gasteiger partial charge in [0.1, 0.15) is 6.10 Å². The summed E-state index contributed by atoms with van der Waals surface area (Å²) in [7, 11) is 0. The van der Waals surface area contributed by atoms with Crippen LogP contribution in [0, 0.1) is 0 Å². The third-order valence-corrected chi connectivity index (χ3v) is 14.0. The standard InChI is InChI=1S/C60H117NO4/c1-3-5-7-9-11-13-15-17-19-21-22-23-24-25-26-27-28-29-30-31-32-33-34-35-36-37-39-41-43-45-47-49-51-53-55-59(64)60(65)61-57(56-62)58(63)54-52-50-48-46-44-42-40-38-20-18-16-14-12-10-8-6-4-2/h27-28,52,54,57-59,62-64H,3-26,29-51,53,55-56H2,1-2H3,(H,61,65)/b28-27-,54-52+. The predicted molar refractivity (Wildman–Crippen MR) is 287 cm³/mol. The number of carbonyl (C=O) groups is 1. The zero-order valence-corrected chi connectivity index (χ0v) is 44.1. The molecule has 4 N–H and O–H groups in total. The summed E-state index contributed by atoms with van der Waals surface area (Å²) >= 11 is 0. The van der Waals surface area contributed by atoms with Gasteiger partial charge in [0.25, 0.3) is 0 Å². The highest BCUT2D eigenvalue weighted by Gasteiger charge is 2.22. The molecule has 0 aromatic rings. The minimum Gasteiger partial charge on any atom is -0.394 e. The van der Waals surface area contributed by atoms with Gasteiger partial charge >= 0.3 is 0 Å². The van der Waals surface area contributed by atoms with E-state index in [0.29, 0.717) is 6.42 Å². The first kappa shape index (κ1) is 63.8. The van der Waals surface area contributed by atoms with Crippen LogP contribution in [-0.4, -0.2) is 46.1 Å². The average Bonchev–Trinajstić information content (AvgIpc) is 3.31. The third kappa shape index (κ3) is 50.5. The largest absolute Gasteiger partial charge is 0.394 e. The fourth-order valence-corrected chi connectivity index (χ4v) is 9.42. The molecule has 0 aliphatic carbocycles. The second kappa shape index (κ2) is 55.4. The first-order valence-corrected chi connectivity index (χ1v) is 29.7. The molecule has 0 bridgehead atoms. The lowest BCUT2D eigenvalue weighted by atomic mass is 10.0. The Hall–Kier alpha value is -1.17. The molecule has 0 heterocycles. The van der Waals surface area contributed by atoms with E-state index in [1.54, 1.807) is 6.08 Å². The molecule has 65 heavy (non-hydrogen) atoms. The van der Waals surface area contributed by atoms with E-state index in [1.165, 1.54) is 276 Å². The topological polar surface area (TPSA) is 89.8 Å². The van der Waals surface area contributed by atoms with Gasteiger partial charge < -0.3 is 20.6 Å². The van der Waals surface area contributed by atoms with Crippen molar-refractivity contribution in [1.82, 2.24) is 5.32 Å². The Bertz CT molecular complexity index is 967. The number of aliphatic hydroxyl groups excluding tert-OH is 3. The number of hydrogen-bond acceptors (Lipinski definition) is 4. The van der Waals surface area contributed by atoms with Gasteiger partial charge in [0, 0.05) is 0 Å². The fraction of sp³-hybridized carbons (Fsp3) is 0.917. The van der Waals surface area contributed by atoms with Crippen molar-refractivity contribution in [3.63, 3.8) is 0 Å². The van der Waals surface area contributed by atoms with E-state index >= 15 is 0 Å². The van der Waals surface area contributed by atoms with Crippen LogP contribution in [0.4, 0.5) is 0 Å². The number of rotatable bonds is 55. The van der Waals surface area contributed by atoms with Crippen LogP contribution in [0.3, 0.4) is 0 Å². The molecule has 0 rings (SSSR count). The van der Waals surface area contributed by atoms with Gasteiger partial charge in [-0.3, -0.25) is 4.79 Å². The summed E-state index contributed by atoms with van der Waals surface area (Å²) in [6, 6.07) is -0.796. The minimum absolute atomic E-state index is 0.360. The molecule has 0 spiro atoms. The van der Waals surface area contributed by atoms with Gasteiger partial charge in [-0.2, -0.15) is 0 Å². The van der Waals surface area contributed by atoms with Crippen molar-refractivity contribution in [2.45, 2.75) is 347 Å². The molecule has 5 nitrogen and oxygen atoms in total. The normalized spacial score (nSPS) is 13.4. The quantitative estimate of drug-likeness (QED) is 0.0361. The average molecular weight is 917 g/mol. The zero-order chi connectivity index (χ0) is 47.2. The highest BCUT2D eigenvalue weighted by molar-refractivity contribution is 5.80. The Labute approximate surface area is 407 Å². The van der Waals surface area contributed by atoms with Crippen molar-refractivity contribution >= 4 is 5.91 Å². The van der Waals surface area contributed by atoms with Gasteiger partial charge in [0.2, 0.25) is 5.91 Å². The second-order valence-electron chi connectivity index (χ2n) is 20.6. The van der Waals surface area contributed by atoms with Crippen LogP contribution in [0.15, 0.2) is 24.3 Å². The number of unbranched alkanes of at least 4 members (excludes halogenated alkanes) is 45. The van der Waals surface area contributed by atoms with Gasteiger partial charge in [-0.1, -0.05) is 308 Å². The van der Waals surface area contributed by atoms with Gasteiger partial charge in [-0.05, 0) is 44.9 Å². The van der Waals surface area contributed by atoms with Crippen molar-refractivity contribution < 1.29 is 20.1 Å². The highest BCUT2D eigenvalue weighted by Crippen LogP contribution is 2.18. The van der Waals surface area contributed by atoms with E-state index in [0.717, 1.165) is 32.1 Å². The van der Waals surface area contributed by atoms with Crippen molar-refractivity contribution in [3.05, 3.63) is 24.3 Å². The Balaban J connectivity index is 3.49. The molecule has 0 saturated carbocycles. The summed E-state index contributed by atoms with van der Waals surface area (Å²) in [5.74, 6) is -0.498. The molecule has 1 amide bonds. The van der Waals surface area contributed by atoms with Crippen LogP contribution in [-0.2, 0) is 4.79 Å². The monoisotopic (exact) mass is 916 g/mol. The lowest BCUT2D eigenvalue weighted by molar-refractivity contribution is -0.131. The van der Waals surface area contributed by atoms with Crippen molar-refractivity contribution in [3.8, 4) is 0 Å². The van der Waals surface area contributed by atoms with Crippen LogP contribution in [0.2, 0.25) is 0 Å². The summed E-state index contributed by atoms with van der Waals surface area (Å²) in [5.41, 5.74) is 0. The maximum Gasteiger partial charge on any atom is 0.249 e. The van der Waals surface area contributed by atoms with Gasteiger partial charge in [-0.25, -0.2) is 0 Å². The Morgan fingerprint density at radius 3 is 0.892 bits per heavy atom. The van der Waals surface area contributed by atoms with E-state index < -0.39 is 24.2 Å². The third-order valence-electron chi connectivity index (χ3n) is 14.0. The molecule has 386 valence electrons. The number of nitrogens with one attached hydrogen (secondary N) is 1. The smallest absolute Gasteiger partial charge is 0.249 e. The fourth-order valence-electron chi connectivity index (χ4n) is 9.42. The van der Waals surface area contributed by atoms with Crippen molar-refractivity contribution in [2.75, 3.05) is 6.61 Å². The lowest BCUT2D eigenvalue weighted by Crippen LogP contribution is -2.48. The Morgan fingerprint density at radius 1 is 0.369 bits per heavy atom. The first-order chi connectivity index (χ1) is 32.1. The molecule has 0 aromatic carbocycles. The van der Waals surface area contributed by atoms with Crippen LogP contribution in [0.5, 0.6) is 0 Å². The molecule has 5 heteroatoms. The zero-order valence-electron chi connectivity index (χ0n) is 44.1. The maximum absolute atomic E-state index is 12.5. The van der Waals surface area contributed by atoms with Gasteiger partial charge in [-0.15, -0.1) is 0 Å². The first-order valence-electron chi connectivity index (χ1n) is 29.7. The summed E-state index contributed by atoms with van der Waals surface area (Å²) in [4.78, 5) is 12.5. The van der Waals surface area contributed by atoms with Crippen LogP contribution in [0.25, 0.3) is 0 Å². The van der Waals surface area contributed by atoms with Crippen molar-refractivity contribution in [2.24, 2.45) is 0 Å². The number of aliphatic hydroxyl groups is 3. The number of allylic oxidation sites excluding steroid dienone is 3. The van der Waals surface area contributed by atoms with E-state index in [-0.39, 0.29) is 6.61 Å². The summed E-state index contributed by atoms with van der Waals surface area (Å²) in [5, 5.41) is 33.4. The summed E-state index contributed by atoms with van der Waals surface area (Å²) < 4.78 is 0. The Kier molecular flexibility index (Phi) is 54.4. The number of hydrogen-bond donors (Lipinski definition) is 4. The van der Waals surface area contributed by atoms with Crippen molar-refractivity contribution in [1.29, 1.82) is 0 Å². The molecule has 0 aliphatic heterocycles. The van der Waals surface area contributed by atoms with Crippen LogP contribution < -0.4 is 5.32 Å². The molecule has 0 aliphatic rings. The molecule has 0 aromatic heterocycles. The second-order valence-corrected chi connectivity index (χ2v) is 20.6. The van der Waals surface area contributed by atoms with E-state index in [4.69, 9.17) is 0 Å². The summed E-state index contributed by atoms with van der Waals surface area (Å²) in [6.07, 6.45) is 71.3. The van der Waals surface area contributed by atoms with E-state index in [2.05, 4.69) is 31.3 Å². The molecular weight excluding hydrogens is 799 g/mol. The van der Waals surface area contributed by atoms with E-state index in [1.807, 2.05) is 6.08 Å². The van der Waals surface area contributed by atoms with E-state index in [9.17, 15) is 20.1 Å². The molecule has 3 unspecified atom stereocenters. The number of carbonyl (C=O) groups excluding carboxylic acids is 1. The minimum atomic E-state index is -1.10. The number of amides is 1. The molecular formula is C60H117NO4. The molecule has 3 atom stereocenters. The van der Waals surface area contributed by atoms with Gasteiger partial charge in [0.15, 0.2) is 0 Å². The van der Waals surface area contributed by atoms with Crippen LogP contribution in [0.1, 0.15) is 328 Å².